The number of hydrogen-bond acceptors (Lipinski definition) is 4. The van der Waals surface area contributed by atoms with E-state index in [9.17, 15) is 0 Å². The molecule has 0 amide bonds. The quantitative estimate of drug-likeness (QED) is 0.146. The molecule has 0 saturated carbocycles. The monoisotopic (exact) mass is 474 g/mol. The van der Waals surface area contributed by atoms with Gasteiger partial charge in [0.2, 0.25) is 0 Å². The first-order valence-electron chi connectivity index (χ1n) is 10.5. The van der Waals surface area contributed by atoms with Crippen molar-refractivity contribution in [2.45, 2.75) is 47.6 Å². The number of nitrogens with one attached hydrogen (secondary N) is 1. The third-order valence-electron chi connectivity index (χ3n) is 4.41. The van der Waals surface area contributed by atoms with Gasteiger partial charge in [0.15, 0.2) is 11.5 Å². The molecule has 30 heavy (non-hydrogen) atoms. The molecule has 0 bridgehead atoms. The Labute approximate surface area is 190 Å². The van der Waals surface area contributed by atoms with Crippen molar-refractivity contribution in [2.24, 2.45) is 10.9 Å². The lowest BCUT2D eigenvalue weighted by atomic mass is 10.1. The average molecular weight is 475 g/mol. The van der Waals surface area contributed by atoms with E-state index in [2.05, 4.69) is 65.6 Å². The van der Waals surface area contributed by atoms with Gasteiger partial charge < -0.3 is 14.8 Å². The van der Waals surface area contributed by atoms with E-state index in [1.807, 2.05) is 39.1 Å². The molecule has 1 N–H and O–H groups in total. The van der Waals surface area contributed by atoms with Crippen LogP contribution < -0.4 is 14.8 Å². The van der Waals surface area contributed by atoms with Crippen molar-refractivity contribution in [3.05, 3.63) is 58.3 Å². The summed E-state index contributed by atoms with van der Waals surface area (Å²) in [5, 5.41) is 3.45. The highest BCUT2D eigenvalue weighted by Crippen LogP contribution is 2.35. The van der Waals surface area contributed by atoms with Crippen LogP contribution in [0.25, 0.3) is 0 Å². The van der Waals surface area contributed by atoms with Crippen molar-refractivity contribution >= 4 is 27.8 Å². The highest BCUT2D eigenvalue weighted by Gasteiger charge is 2.12. The zero-order chi connectivity index (χ0) is 22.4. The number of benzene rings is 1. The summed E-state index contributed by atoms with van der Waals surface area (Å²) in [5.74, 6) is 1.62. The molecule has 1 atom stereocenters. The standard InChI is InChI=1S/C25H35BrN2O2/c1-7-11-12-22(26)13-14-27-18-21-15-24(29-9-3)25(30-10-4)16-23(21)28-17-20(6)19(5)8-2/h11-13,15-17,20,27H,2,7,9-10,14,18H2,1,3-6H3/b12-11-,22-13+,28-17?. The van der Waals surface area contributed by atoms with Crippen LogP contribution in [-0.2, 0) is 6.54 Å². The average Bonchev–Trinajstić information content (AvgIpc) is 2.75. The van der Waals surface area contributed by atoms with Gasteiger partial charge in [0.05, 0.1) is 18.9 Å². The second kappa shape index (κ2) is 14.8. The normalized spacial score (nSPS) is 12.9. The Bertz CT molecular complexity index is 806. The second-order valence-corrected chi connectivity index (χ2v) is 7.67. The van der Waals surface area contributed by atoms with E-state index in [1.54, 1.807) is 0 Å². The number of allylic oxidation sites excluding steroid dienone is 4. The van der Waals surface area contributed by atoms with Crippen LogP contribution in [0.3, 0.4) is 0 Å². The summed E-state index contributed by atoms with van der Waals surface area (Å²) in [6.07, 6.45) is 9.23. The maximum atomic E-state index is 5.80. The molecule has 1 rings (SSSR count). The zero-order valence-electron chi connectivity index (χ0n) is 18.9. The Kier molecular flexibility index (Phi) is 12.8. The van der Waals surface area contributed by atoms with E-state index in [4.69, 9.17) is 14.5 Å². The van der Waals surface area contributed by atoms with Gasteiger partial charge in [0, 0.05) is 35.8 Å². The van der Waals surface area contributed by atoms with Crippen molar-refractivity contribution in [1.82, 2.24) is 5.32 Å². The van der Waals surface area contributed by atoms with Crippen LogP contribution in [0, 0.1) is 5.92 Å². The third-order valence-corrected chi connectivity index (χ3v) is 5.00. The fourth-order valence-corrected chi connectivity index (χ4v) is 2.88. The fraction of sp³-hybridized carbons (Fsp3) is 0.440. The fourth-order valence-electron chi connectivity index (χ4n) is 2.53. The van der Waals surface area contributed by atoms with Gasteiger partial charge in [-0.05, 0) is 44.4 Å². The van der Waals surface area contributed by atoms with Crippen LogP contribution in [0.1, 0.15) is 46.6 Å². The van der Waals surface area contributed by atoms with E-state index >= 15 is 0 Å². The van der Waals surface area contributed by atoms with E-state index < -0.39 is 0 Å². The van der Waals surface area contributed by atoms with Crippen molar-refractivity contribution in [3.63, 3.8) is 0 Å². The molecule has 5 heteroatoms. The van der Waals surface area contributed by atoms with Gasteiger partial charge in [-0.1, -0.05) is 54.6 Å². The van der Waals surface area contributed by atoms with Crippen LogP contribution in [0.15, 0.2) is 57.7 Å². The number of nitrogens with zero attached hydrogens (tertiary/aromatic N) is 1. The lowest BCUT2D eigenvalue weighted by molar-refractivity contribution is 0.287. The summed E-state index contributed by atoms with van der Waals surface area (Å²) in [5.41, 5.74) is 5.92. The molecule has 4 nitrogen and oxygen atoms in total. The molecule has 0 saturated heterocycles. The highest BCUT2D eigenvalue weighted by atomic mass is 79.9. The molecule has 0 aromatic heterocycles. The molecule has 0 fully saturated rings. The first kappa shape index (κ1) is 26.0. The van der Waals surface area contributed by atoms with Crippen molar-refractivity contribution in [2.75, 3.05) is 19.8 Å². The zero-order valence-corrected chi connectivity index (χ0v) is 20.5. The summed E-state index contributed by atoms with van der Waals surface area (Å²) < 4.78 is 12.7. The van der Waals surface area contributed by atoms with E-state index in [-0.39, 0.29) is 5.92 Å². The summed E-state index contributed by atoms with van der Waals surface area (Å²) in [6.45, 7) is 16.4. The summed E-state index contributed by atoms with van der Waals surface area (Å²) >= 11 is 3.56. The molecule has 1 aromatic carbocycles. The van der Waals surface area contributed by atoms with Crippen LogP contribution in [0.4, 0.5) is 5.69 Å². The minimum Gasteiger partial charge on any atom is -0.490 e. The molecule has 0 heterocycles. The van der Waals surface area contributed by atoms with Crippen LogP contribution in [0.5, 0.6) is 11.5 Å². The van der Waals surface area contributed by atoms with Crippen molar-refractivity contribution < 1.29 is 9.47 Å². The van der Waals surface area contributed by atoms with E-state index in [0.717, 1.165) is 40.0 Å². The molecule has 0 aliphatic rings. The molecular weight excluding hydrogens is 440 g/mol. The van der Waals surface area contributed by atoms with Gasteiger partial charge in [-0.25, -0.2) is 0 Å². The van der Waals surface area contributed by atoms with Crippen molar-refractivity contribution in [1.29, 1.82) is 0 Å². The van der Waals surface area contributed by atoms with E-state index in [1.165, 1.54) is 0 Å². The Balaban J connectivity index is 3.12. The number of rotatable bonds is 13. The van der Waals surface area contributed by atoms with Gasteiger partial charge in [0.1, 0.15) is 0 Å². The summed E-state index contributed by atoms with van der Waals surface area (Å²) in [6, 6.07) is 3.97. The smallest absolute Gasteiger partial charge is 0.163 e. The molecular formula is C25H35BrN2O2. The van der Waals surface area contributed by atoms with Gasteiger partial charge in [-0.2, -0.15) is 0 Å². The maximum Gasteiger partial charge on any atom is 0.163 e. The van der Waals surface area contributed by atoms with Crippen molar-refractivity contribution in [3.8, 4) is 11.5 Å². The molecule has 164 valence electrons. The maximum absolute atomic E-state index is 5.80. The Morgan fingerprint density at radius 2 is 1.90 bits per heavy atom. The molecule has 0 spiro atoms. The van der Waals surface area contributed by atoms with Gasteiger partial charge in [0.25, 0.3) is 0 Å². The SMILES string of the molecule is C=C=C(C)C(C)C=Nc1cc(OCC)c(OCC)cc1CNC/C=C(Br)\C=C/CC. The molecule has 0 aliphatic carbocycles. The highest BCUT2D eigenvalue weighted by molar-refractivity contribution is 9.11. The molecule has 1 aromatic rings. The Morgan fingerprint density at radius 3 is 2.50 bits per heavy atom. The molecule has 0 radical (unpaired) electrons. The minimum absolute atomic E-state index is 0.162. The first-order chi connectivity index (χ1) is 14.5. The Morgan fingerprint density at radius 1 is 1.23 bits per heavy atom. The molecule has 1 unspecified atom stereocenters. The number of halogens is 1. The summed E-state index contributed by atoms with van der Waals surface area (Å²) in [4.78, 5) is 4.75. The lowest BCUT2D eigenvalue weighted by Gasteiger charge is -2.15. The van der Waals surface area contributed by atoms with Gasteiger partial charge >= 0.3 is 0 Å². The van der Waals surface area contributed by atoms with Gasteiger partial charge in [-0.15, -0.1) is 5.73 Å². The summed E-state index contributed by atoms with van der Waals surface area (Å²) in [7, 11) is 0. The number of ether oxygens (including phenoxy) is 2. The molecule has 0 aliphatic heterocycles. The predicted molar refractivity (Wildman–Crippen MR) is 133 cm³/mol. The van der Waals surface area contributed by atoms with E-state index in [0.29, 0.717) is 25.5 Å². The third kappa shape index (κ3) is 9.17. The Hall–Kier alpha value is -2.07. The van der Waals surface area contributed by atoms with Crippen LogP contribution >= 0.6 is 15.9 Å². The number of aliphatic imine (C=N–C) groups is 1. The minimum atomic E-state index is 0.162. The second-order valence-electron chi connectivity index (χ2n) is 6.75. The largest absolute Gasteiger partial charge is 0.490 e. The topological polar surface area (TPSA) is 42.9 Å². The van der Waals surface area contributed by atoms with Crippen LogP contribution in [0.2, 0.25) is 0 Å². The van der Waals surface area contributed by atoms with Gasteiger partial charge in [-0.3, -0.25) is 4.99 Å². The first-order valence-corrected chi connectivity index (χ1v) is 11.3. The lowest BCUT2D eigenvalue weighted by Crippen LogP contribution is -2.13. The van der Waals surface area contributed by atoms with Crippen LogP contribution in [-0.4, -0.2) is 26.0 Å². The predicted octanol–water partition coefficient (Wildman–Crippen LogP) is 6.89. The number of hydrogen-bond donors (Lipinski definition) is 1.